The van der Waals surface area contributed by atoms with E-state index in [-0.39, 0.29) is 6.07 Å². The monoisotopic (exact) mass is 1020 g/mol. The molecule has 1 aliphatic heterocycles. The van der Waals surface area contributed by atoms with E-state index >= 15 is 52.7 Å². The van der Waals surface area contributed by atoms with Crippen molar-refractivity contribution in [3.8, 4) is 11.1 Å². The second kappa shape index (κ2) is 16.6. The molecule has 71 heavy (non-hydrogen) atoms. The molecule has 0 saturated carbocycles. The first-order chi connectivity index (χ1) is 33.4. The van der Waals surface area contributed by atoms with Gasteiger partial charge in [0.15, 0.2) is 93.1 Å². The third-order valence-electron chi connectivity index (χ3n) is 11.0. The van der Waals surface area contributed by atoms with Crippen LogP contribution in [-0.4, -0.2) is 24.9 Å². The molecule has 8 aromatic rings. The Morgan fingerprint density at radius 3 is 0.944 bits per heavy atom. The third kappa shape index (κ3) is 6.83. The summed E-state index contributed by atoms with van der Waals surface area (Å²) in [6.45, 7) is 0. The van der Waals surface area contributed by atoms with Gasteiger partial charge < -0.3 is 19.9 Å². The van der Waals surface area contributed by atoms with E-state index in [1.54, 1.807) is 0 Å². The number of H-pyrrole nitrogens is 4. The summed E-state index contributed by atoms with van der Waals surface area (Å²) in [6.07, 6.45) is 0. The van der Waals surface area contributed by atoms with Crippen LogP contribution in [0.5, 0.6) is 0 Å². The van der Waals surface area contributed by atoms with Crippen LogP contribution in [0, 0.1) is 126 Å². The van der Waals surface area contributed by atoms with Crippen LogP contribution in [0.15, 0.2) is 42.5 Å². The zero-order chi connectivity index (χ0) is 51.7. The lowest BCUT2D eigenvalue weighted by molar-refractivity contribution is -0.377. The number of hydrogen-bond acceptors (Lipinski definition) is 2. The Bertz CT molecular complexity index is 3880. The van der Waals surface area contributed by atoms with Crippen molar-refractivity contribution in [2.45, 2.75) is 0 Å². The van der Waals surface area contributed by atoms with Crippen molar-refractivity contribution >= 4 is 22.4 Å². The zero-order valence-corrected chi connectivity index (χ0v) is 33.4. The summed E-state index contributed by atoms with van der Waals surface area (Å²) >= 11 is 0. The molecule has 4 aromatic carbocycles. The normalized spacial score (nSPS) is 12.8. The van der Waals surface area contributed by atoms with Crippen molar-refractivity contribution < 1.29 is 92.7 Å². The predicted molar refractivity (Wildman–Crippen MR) is 200 cm³/mol. The number of hydrogen-bond donors (Lipinski definition) is 4. The van der Waals surface area contributed by atoms with Crippen LogP contribution in [0.3, 0.4) is 0 Å². The lowest BCUT2D eigenvalue weighted by atomic mass is 9.96. The molecule has 0 fully saturated rings. The van der Waals surface area contributed by atoms with E-state index in [0.717, 1.165) is 0 Å². The van der Waals surface area contributed by atoms with Gasteiger partial charge in [0.2, 0.25) is 23.3 Å². The number of halogens is 20. The van der Waals surface area contributed by atoms with E-state index in [9.17, 15) is 45.2 Å². The predicted octanol–water partition coefficient (Wildman–Crippen LogP) is 8.94. The van der Waals surface area contributed by atoms with Gasteiger partial charge in [-0.2, -0.15) is 0 Å². The molecule has 8 bridgehead atoms. The van der Waals surface area contributed by atoms with Crippen molar-refractivity contribution in [3.63, 3.8) is 0 Å². The van der Waals surface area contributed by atoms with Gasteiger partial charge in [0.1, 0.15) is 11.0 Å². The maximum Gasteiger partial charge on any atom is 0.315 e. The molecular weight excluding hydrogens is 1010 g/mol. The first-order valence-electron chi connectivity index (χ1n) is 18.9. The maximum atomic E-state index is 16.1. The standard InChI is InChI=1S/C44H11F20N5O2/c45-23-16(24(46)32(54)39(61)31(23)53)8-7-15-44(69(70)71)14-6-5-12(67-14)18(21-27(49)35(57)41(63)36(58)28(21)50)10-2-1-9(65-10)17(20-25(47)33(55)40(62)34(56)26(20)48)11-3-4-13(66-11)19(43(8)68-15)22-29(51)37(59)42(64)38(60)30(22)52/h1-7,65-68H. The number of aromatic amines is 4. The molecule has 4 N–H and O–H groups in total. The van der Waals surface area contributed by atoms with Crippen molar-refractivity contribution in [1.82, 2.24) is 19.9 Å². The second-order valence-corrected chi connectivity index (χ2v) is 14.8. The van der Waals surface area contributed by atoms with Gasteiger partial charge in [-0.3, -0.25) is 10.1 Å². The molecule has 0 radical (unpaired) electrons. The van der Waals surface area contributed by atoms with Crippen LogP contribution in [0.4, 0.5) is 87.8 Å². The zero-order valence-electron chi connectivity index (χ0n) is 33.4. The molecule has 9 rings (SSSR count). The minimum atomic E-state index is -2.88. The lowest BCUT2D eigenvalue weighted by Crippen LogP contribution is -2.23. The Balaban J connectivity index is 1.60. The molecule has 0 atom stereocenters. The lowest BCUT2D eigenvalue weighted by Gasteiger charge is -2.14. The van der Waals surface area contributed by atoms with Crippen LogP contribution < -0.4 is 21.4 Å². The third-order valence-corrected chi connectivity index (χ3v) is 11.0. The van der Waals surface area contributed by atoms with Crippen molar-refractivity contribution in [2.75, 3.05) is 0 Å². The maximum absolute atomic E-state index is 16.1. The highest BCUT2D eigenvalue weighted by Crippen LogP contribution is 2.37. The first-order valence-corrected chi connectivity index (χ1v) is 18.9. The number of nitrogens with one attached hydrogen (secondary N) is 4. The van der Waals surface area contributed by atoms with Gasteiger partial charge >= 0.3 is 5.70 Å². The van der Waals surface area contributed by atoms with Gasteiger partial charge in [0.05, 0.1) is 32.5 Å². The van der Waals surface area contributed by atoms with E-state index in [1.165, 1.54) is 0 Å². The number of aromatic nitrogens is 4. The van der Waals surface area contributed by atoms with Crippen molar-refractivity contribution in [2.24, 2.45) is 0 Å². The molecule has 0 amide bonds. The summed E-state index contributed by atoms with van der Waals surface area (Å²) in [4.78, 5) is 20.0. The number of rotatable bonds is 5. The summed E-state index contributed by atoms with van der Waals surface area (Å²) in [7, 11) is 0. The largest absolute Gasteiger partial charge is 0.354 e. The number of nitrogens with zero attached hydrogens (tertiary/aromatic N) is 1. The second-order valence-electron chi connectivity index (χ2n) is 14.8. The minimum Gasteiger partial charge on any atom is -0.354 e. The fourth-order valence-corrected chi connectivity index (χ4v) is 7.91. The fourth-order valence-electron chi connectivity index (χ4n) is 7.91. The molecule has 7 nitrogen and oxygen atoms in total. The van der Waals surface area contributed by atoms with Gasteiger partial charge in [0, 0.05) is 50.1 Å². The number of benzene rings is 4. The van der Waals surface area contributed by atoms with Crippen LogP contribution in [-0.2, 0) is 0 Å². The first kappa shape index (κ1) is 47.5. The Kier molecular flexibility index (Phi) is 11.1. The van der Waals surface area contributed by atoms with Crippen LogP contribution in [0.1, 0.15) is 39.5 Å². The Hall–Kier alpha value is -8.52. The van der Waals surface area contributed by atoms with E-state index < -0.39 is 216 Å². The van der Waals surface area contributed by atoms with E-state index in [2.05, 4.69) is 15.0 Å². The molecule has 0 spiro atoms. The van der Waals surface area contributed by atoms with E-state index in [1.807, 2.05) is 4.98 Å². The summed E-state index contributed by atoms with van der Waals surface area (Å²) in [6, 6.07) is 3.46. The van der Waals surface area contributed by atoms with Gasteiger partial charge in [0.25, 0.3) is 0 Å². The molecule has 1 aliphatic rings. The highest BCUT2D eigenvalue weighted by atomic mass is 19.2. The molecule has 0 aliphatic carbocycles. The van der Waals surface area contributed by atoms with Crippen molar-refractivity contribution in [1.29, 1.82) is 0 Å². The smallest absolute Gasteiger partial charge is 0.315 e. The van der Waals surface area contributed by atoms with Crippen molar-refractivity contribution in [3.05, 3.63) is 230 Å². The molecular formula is C44H11F20N5O2. The quantitative estimate of drug-likeness (QED) is 0.0455. The minimum absolute atomic E-state index is 0.123. The number of fused-ring (bicyclic) bond motifs is 8. The Labute approximate surface area is 375 Å². The molecule has 0 saturated heterocycles. The molecule has 0 unspecified atom stereocenters. The summed E-state index contributed by atoms with van der Waals surface area (Å²) < 4.78 is 305. The highest BCUT2D eigenvalue weighted by Gasteiger charge is 2.36. The average Bonchev–Trinajstić information content (AvgIpc) is 4.19. The fraction of sp³-hybridized carbons (Fsp3) is 0. The molecule has 5 heterocycles. The van der Waals surface area contributed by atoms with Gasteiger partial charge in [-0.25, -0.2) is 87.8 Å². The summed E-state index contributed by atoms with van der Waals surface area (Å²) in [5, 5.41) is 8.14. The summed E-state index contributed by atoms with van der Waals surface area (Å²) in [5.41, 5.74) is -19.9. The highest BCUT2D eigenvalue weighted by molar-refractivity contribution is 5.86. The van der Waals surface area contributed by atoms with Crippen LogP contribution in [0.2, 0.25) is 0 Å². The molecule has 4 aromatic heterocycles. The Morgan fingerprint density at radius 2 is 0.592 bits per heavy atom. The van der Waals surface area contributed by atoms with E-state index in [4.69, 9.17) is 0 Å². The van der Waals surface area contributed by atoms with Crippen LogP contribution >= 0.6 is 0 Å². The average molecular weight is 1020 g/mol. The topological polar surface area (TPSA) is 106 Å². The Morgan fingerprint density at radius 1 is 0.310 bits per heavy atom. The summed E-state index contributed by atoms with van der Waals surface area (Å²) in [5.74, 6) is -54.9. The number of nitro groups is 1. The molecule has 27 heteroatoms. The van der Waals surface area contributed by atoms with E-state index in [0.29, 0.717) is 36.4 Å². The SMILES string of the molecule is O=[N+]([O-])C1=c2cc(-c3c(F)c(F)c(F)c(F)c3F)c([nH]2)=C(c2c(F)c(F)c(F)c(F)c2F)c2ccc([nH]2)C(c2c(F)c(F)c(F)c(F)c2F)=c2ccc([nH]2)=C(c2c(F)c(F)c(F)c(F)c2F)c2ccc1[nH]2. The van der Waals surface area contributed by atoms with Gasteiger partial charge in [-0.15, -0.1) is 0 Å². The van der Waals surface area contributed by atoms with Gasteiger partial charge in [-0.05, 0) is 42.5 Å². The van der Waals surface area contributed by atoms with Crippen LogP contribution in [0.25, 0.3) is 33.5 Å². The van der Waals surface area contributed by atoms with Gasteiger partial charge in [-0.1, -0.05) is 0 Å². The molecule has 364 valence electrons.